The monoisotopic (exact) mass is 587 g/mol. The van der Waals surface area contributed by atoms with Crippen LogP contribution in [0.3, 0.4) is 0 Å². The standard InChI is InChI=1S/2C15H22.C3H8.3C2H6O/c1-3-10-5-8(1)12-7-13-9-2-4-11(6-9)15(13)14(10)12;1-2-10-11(3-1)13-7-12(10)14-8-4-5-9(6-8)15(13)14;1-3-2;3*1-2-3/h2*8-15H,1-7H2;3H2,1-2H3;3*3H,2H2,1H3. The minimum Gasteiger partial charge on any atom is -0.397 e. The van der Waals surface area contributed by atoms with E-state index < -0.39 is 0 Å². The third kappa shape index (κ3) is 5.92. The second-order valence-corrected chi connectivity index (χ2v) is 16.4. The molecule has 10 aliphatic rings. The summed E-state index contributed by atoms with van der Waals surface area (Å²) in [5.74, 6) is 19.5. The highest BCUT2D eigenvalue weighted by Gasteiger charge is 2.66. The minimum atomic E-state index is 0.250. The van der Waals surface area contributed by atoms with Crippen LogP contribution in [0.5, 0.6) is 0 Å². The Morgan fingerprint density at radius 1 is 0.357 bits per heavy atom. The van der Waals surface area contributed by atoms with Gasteiger partial charge in [-0.25, -0.2) is 0 Å². The molecule has 3 N–H and O–H groups in total. The molecule has 0 heterocycles. The molecule has 10 fully saturated rings. The Morgan fingerprint density at radius 2 is 0.619 bits per heavy atom. The lowest BCUT2D eigenvalue weighted by Crippen LogP contribution is -2.35. The lowest BCUT2D eigenvalue weighted by molar-refractivity contribution is 0.0716. The van der Waals surface area contributed by atoms with Gasteiger partial charge >= 0.3 is 0 Å². The summed E-state index contributed by atoms with van der Waals surface area (Å²) >= 11 is 0. The fraction of sp³-hybridized carbons (Fsp3) is 1.00. The summed E-state index contributed by atoms with van der Waals surface area (Å²) in [6.07, 6.45) is 24.1. The van der Waals surface area contributed by atoms with Crippen molar-refractivity contribution in [1.29, 1.82) is 0 Å². The molecule has 16 unspecified atom stereocenters. The number of hydrogen-bond donors (Lipinski definition) is 3. The van der Waals surface area contributed by atoms with Gasteiger partial charge in [-0.05, 0) is 199 Å². The van der Waals surface area contributed by atoms with Crippen molar-refractivity contribution < 1.29 is 15.3 Å². The number of aliphatic hydroxyl groups excluding tert-OH is 3. The maximum atomic E-state index is 7.57. The van der Waals surface area contributed by atoms with Crippen LogP contribution in [-0.2, 0) is 0 Å². The topological polar surface area (TPSA) is 60.7 Å². The van der Waals surface area contributed by atoms with Gasteiger partial charge in [0, 0.05) is 19.8 Å². The first-order valence-electron chi connectivity index (χ1n) is 19.3. The number of fused-ring (bicyclic) bond motifs is 23. The first kappa shape index (κ1) is 33.2. The highest BCUT2D eigenvalue weighted by Crippen LogP contribution is 2.73. The van der Waals surface area contributed by atoms with E-state index in [1.165, 1.54) is 101 Å². The molecule has 10 rings (SSSR count). The summed E-state index contributed by atoms with van der Waals surface area (Å²) < 4.78 is 0. The van der Waals surface area contributed by atoms with E-state index in [0.717, 1.165) is 0 Å². The maximum absolute atomic E-state index is 7.57. The van der Waals surface area contributed by atoms with Crippen LogP contribution in [-0.4, -0.2) is 35.1 Å². The Hall–Kier alpha value is -0.120. The van der Waals surface area contributed by atoms with E-state index in [-0.39, 0.29) is 19.8 Å². The molecule has 0 aliphatic heterocycles. The van der Waals surface area contributed by atoms with Crippen molar-refractivity contribution in [3.05, 3.63) is 0 Å². The summed E-state index contributed by atoms with van der Waals surface area (Å²) in [5, 5.41) is 22.7. The molecule has 0 spiro atoms. The molecule has 0 aromatic rings. The zero-order chi connectivity index (χ0) is 30.0. The lowest BCUT2D eigenvalue weighted by atomic mass is 9.64. The fourth-order valence-corrected chi connectivity index (χ4v) is 14.4. The largest absolute Gasteiger partial charge is 0.397 e. The molecule has 8 bridgehead atoms. The lowest BCUT2D eigenvalue weighted by Gasteiger charge is -2.40. The average molecular weight is 587 g/mol. The van der Waals surface area contributed by atoms with Gasteiger partial charge in [0.15, 0.2) is 0 Å². The van der Waals surface area contributed by atoms with Crippen LogP contribution in [0.25, 0.3) is 0 Å². The zero-order valence-corrected chi connectivity index (χ0v) is 28.3. The van der Waals surface area contributed by atoms with Gasteiger partial charge in [-0.15, -0.1) is 0 Å². The van der Waals surface area contributed by atoms with Crippen LogP contribution in [0.2, 0.25) is 0 Å². The van der Waals surface area contributed by atoms with Gasteiger partial charge in [0.05, 0.1) is 0 Å². The number of rotatable bonds is 0. The van der Waals surface area contributed by atoms with Gasteiger partial charge in [-0.2, -0.15) is 0 Å². The SMILES string of the molecule is C1CC2C(C1)C1CC2C2C3CCC(C3)C12.C1CC2CC1C1CC3C4CCC(C4)C3C21.CCC.CCO.CCO.CCO. The van der Waals surface area contributed by atoms with Gasteiger partial charge in [0.1, 0.15) is 0 Å². The molecule has 3 heteroatoms. The predicted molar refractivity (Wildman–Crippen MR) is 175 cm³/mol. The maximum Gasteiger partial charge on any atom is 0.0402 e. The van der Waals surface area contributed by atoms with Crippen LogP contribution < -0.4 is 0 Å². The first-order valence-corrected chi connectivity index (χ1v) is 19.3. The van der Waals surface area contributed by atoms with E-state index in [0.29, 0.717) is 0 Å². The third-order valence-electron chi connectivity index (χ3n) is 14.6. The summed E-state index contributed by atoms with van der Waals surface area (Å²) in [7, 11) is 0. The van der Waals surface area contributed by atoms with Crippen LogP contribution >= 0.6 is 0 Å². The van der Waals surface area contributed by atoms with Gasteiger partial charge in [-0.1, -0.05) is 26.7 Å². The zero-order valence-electron chi connectivity index (χ0n) is 28.3. The summed E-state index contributed by atoms with van der Waals surface area (Å²) in [5.41, 5.74) is 0. The van der Waals surface area contributed by atoms with E-state index in [1.54, 1.807) is 111 Å². The molecule has 0 amide bonds. The summed E-state index contributed by atoms with van der Waals surface area (Å²) in [6, 6.07) is 0. The van der Waals surface area contributed by atoms with E-state index in [1.807, 2.05) is 0 Å². The molecule has 3 nitrogen and oxygen atoms in total. The predicted octanol–water partition coefficient (Wildman–Crippen LogP) is 8.84. The molecule has 0 saturated heterocycles. The average Bonchev–Trinajstić information content (AvgIpc) is 3.83. The second-order valence-electron chi connectivity index (χ2n) is 16.4. The fourth-order valence-electron chi connectivity index (χ4n) is 14.4. The van der Waals surface area contributed by atoms with Crippen LogP contribution in [0.4, 0.5) is 0 Å². The van der Waals surface area contributed by atoms with Crippen molar-refractivity contribution >= 4 is 0 Å². The van der Waals surface area contributed by atoms with Crippen molar-refractivity contribution in [3.8, 4) is 0 Å². The van der Waals surface area contributed by atoms with E-state index in [4.69, 9.17) is 15.3 Å². The second kappa shape index (κ2) is 15.0. The van der Waals surface area contributed by atoms with Crippen LogP contribution in [0.1, 0.15) is 131 Å². The van der Waals surface area contributed by atoms with E-state index >= 15 is 0 Å². The van der Waals surface area contributed by atoms with Crippen molar-refractivity contribution in [2.24, 2.45) is 94.7 Å². The van der Waals surface area contributed by atoms with Gasteiger partial charge < -0.3 is 15.3 Å². The Balaban J connectivity index is 0.000000124. The molecular weight excluding hydrogens is 516 g/mol. The Labute approximate surface area is 260 Å². The molecule has 42 heavy (non-hydrogen) atoms. The van der Waals surface area contributed by atoms with E-state index in [9.17, 15) is 0 Å². The normalized spacial score (nSPS) is 50.9. The molecule has 10 saturated carbocycles. The number of aliphatic hydroxyl groups is 3. The van der Waals surface area contributed by atoms with Crippen molar-refractivity contribution in [2.75, 3.05) is 19.8 Å². The summed E-state index contributed by atoms with van der Waals surface area (Å²) in [4.78, 5) is 0. The van der Waals surface area contributed by atoms with Crippen molar-refractivity contribution in [1.82, 2.24) is 0 Å². The molecule has 0 radical (unpaired) electrons. The Bertz CT molecular complexity index is 747. The first-order chi connectivity index (χ1) is 20.5. The molecule has 10 aliphatic carbocycles. The molecule has 0 aromatic carbocycles. The molecule has 244 valence electrons. The smallest absolute Gasteiger partial charge is 0.0402 e. The van der Waals surface area contributed by atoms with Crippen LogP contribution in [0.15, 0.2) is 0 Å². The quantitative estimate of drug-likeness (QED) is 0.249. The Morgan fingerprint density at radius 3 is 0.976 bits per heavy atom. The van der Waals surface area contributed by atoms with Gasteiger partial charge in [0.2, 0.25) is 0 Å². The van der Waals surface area contributed by atoms with Crippen LogP contribution in [0, 0.1) is 94.7 Å². The molecule has 16 atom stereocenters. The summed E-state index contributed by atoms with van der Waals surface area (Å²) in [6.45, 7) is 10.0. The Kier molecular flexibility index (Phi) is 11.9. The highest BCUT2D eigenvalue weighted by molar-refractivity contribution is 5.14. The third-order valence-corrected chi connectivity index (χ3v) is 14.6. The highest BCUT2D eigenvalue weighted by atomic mass is 16.3. The molecule has 0 aromatic heterocycles. The van der Waals surface area contributed by atoms with E-state index in [2.05, 4.69) is 13.8 Å². The van der Waals surface area contributed by atoms with Crippen molar-refractivity contribution in [2.45, 2.75) is 131 Å². The van der Waals surface area contributed by atoms with Gasteiger partial charge in [0.25, 0.3) is 0 Å². The number of hydrogen-bond acceptors (Lipinski definition) is 3. The van der Waals surface area contributed by atoms with Gasteiger partial charge in [-0.3, -0.25) is 0 Å². The van der Waals surface area contributed by atoms with Crippen molar-refractivity contribution in [3.63, 3.8) is 0 Å². The minimum absolute atomic E-state index is 0.250. The molecular formula is C39H70O3.